The first-order valence-corrected chi connectivity index (χ1v) is 15.0. The van der Waals surface area contributed by atoms with Gasteiger partial charge in [-0.2, -0.15) is 13.2 Å². The number of alkyl halides is 3. The summed E-state index contributed by atoms with van der Waals surface area (Å²) in [6.07, 6.45) is -4.44. The third kappa shape index (κ3) is 7.93. The standard InChI is InChI=1S/C24H28ClF3N6O3S2/c1-15(2)14-30-22-29-8-6-18(31-22)21-20(32-23(38-21)34-9-11-37-12-10-34)16-4-3-5-17(19(16)25)33-39(35,36)13-7-24(26,27)28/h3-6,8,15,33H,7,9-14H2,1-2H3,(H,29,30,31). The number of aromatic nitrogens is 3. The lowest BCUT2D eigenvalue weighted by molar-refractivity contribution is -0.129. The predicted octanol–water partition coefficient (Wildman–Crippen LogP) is 5.52. The van der Waals surface area contributed by atoms with Crippen LogP contribution in [0.15, 0.2) is 30.5 Å². The smallest absolute Gasteiger partial charge is 0.378 e. The van der Waals surface area contributed by atoms with E-state index < -0.39 is 28.4 Å². The van der Waals surface area contributed by atoms with Crippen molar-refractivity contribution in [3.63, 3.8) is 0 Å². The van der Waals surface area contributed by atoms with Gasteiger partial charge in [-0.25, -0.2) is 23.4 Å². The Morgan fingerprint density at radius 3 is 2.62 bits per heavy atom. The number of thiazole rings is 1. The fourth-order valence-corrected chi connectivity index (χ4v) is 6.21. The summed E-state index contributed by atoms with van der Waals surface area (Å²) in [6, 6.07) is 6.38. The van der Waals surface area contributed by atoms with E-state index in [0.29, 0.717) is 71.7 Å². The van der Waals surface area contributed by atoms with Crippen LogP contribution in [0.4, 0.5) is 29.9 Å². The number of sulfonamides is 1. The molecular formula is C24H28ClF3N6O3S2. The summed E-state index contributed by atoms with van der Waals surface area (Å²) >= 11 is 8.05. The van der Waals surface area contributed by atoms with Crippen molar-refractivity contribution in [2.75, 3.05) is 53.5 Å². The van der Waals surface area contributed by atoms with Crippen LogP contribution in [0.5, 0.6) is 0 Å². The first-order valence-electron chi connectivity index (χ1n) is 12.2. The molecule has 0 bridgehead atoms. The van der Waals surface area contributed by atoms with Gasteiger partial charge < -0.3 is 15.0 Å². The molecule has 0 amide bonds. The molecular weight excluding hydrogens is 577 g/mol. The topological polar surface area (TPSA) is 109 Å². The van der Waals surface area contributed by atoms with E-state index in [-0.39, 0.29) is 10.7 Å². The first-order chi connectivity index (χ1) is 18.4. The molecule has 0 radical (unpaired) electrons. The number of halogens is 4. The normalized spacial score (nSPS) is 14.6. The van der Waals surface area contributed by atoms with Gasteiger partial charge in [0.25, 0.3) is 0 Å². The van der Waals surface area contributed by atoms with Crippen LogP contribution >= 0.6 is 22.9 Å². The average molecular weight is 605 g/mol. The number of nitrogens with zero attached hydrogens (tertiary/aromatic N) is 4. The molecule has 1 fully saturated rings. The zero-order valence-corrected chi connectivity index (χ0v) is 23.6. The molecule has 3 heterocycles. The van der Waals surface area contributed by atoms with Crippen LogP contribution in [0.25, 0.3) is 21.8 Å². The van der Waals surface area contributed by atoms with Gasteiger partial charge in [-0.05, 0) is 18.1 Å². The molecule has 0 saturated carbocycles. The molecule has 0 unspecified atom stereocenters. The maximum atomic E-state index is 12.6. The van der Waals surface area contributed by atoms with E-state index in [1.165, 1.54) is 17.4 Å². The van der Waals surface area contributed by atoms with Crippen molar-refractivity contribution in [1.29, 1.82) is 0 Å². The molecule has 1 aromatic carbocycles. The van der Waals surface area contributed by atoms with Crippen molar-refractivity contribution in [3.05, 3.63) is 35.5 Å². The third-order valence-corrected chi connectivity index (χ3v) is 8.45. The highest BCUT2D eigenvalue weighted by molar-refractivity contribution is 7.92. The van der Waals surface area contributed by atoms with Crippen molar-refractivity contribution in [3.8, 4) is 21.8 Å². The first kappa shape index (κ1) is 29.3. The van der Waals surface area contributed by atoms with Crippen LogP contribution in [0.2, 0.25) is 5.02 Å². The molecule has 3 aromatic rings. The molecule has 15 heteroatoms. The van der Waals surface area contributed by atoms with Crippen LogP contribution in [-0.2, 0) is 14.8 Å². The highest BCUT2D eigenvalue weighted by Gasteiger charge is 2.30. The molecule has 0 spiro atoms. The zero-order chi connectivity index (χ0) is 28.2. The second-order valence-corrected chi connectivity index (χ2v) is 12.5. The molecule has 9 nitrogen and oxygen atoms in total. The van der Waals surface area contributed by atoms with Crippen molar-refractivity contribution in [2.24, 2.45) is 5.92 Å². The summed E-state index contributed by atoms with van der Waals surface area (Å²) in [5, 5.41) is 3.93. The van der Waals surface area contributed by atoms with E-state index in [1.54, 1.807) is 24.4 Å². The average Bonchev–Trinajstić information content (AvgIpc) is 3.33. The monoisotopic (exact) mass is 604 g/mol. The summed E-state index contributed by atoms with van der Waals surface area (Å²) in [5.74, 6) is -0.288. The molecule has 2 aromatic heterocycles. The van der Waals surface area contributed by atoms with Gasteiger partial charge in [0.05, 0.1) is 52.4 Å². The molecule has 0 atom stereocenters. The minimum Gasteiger partial charge on any atom is -0.378 e. The second kappa shape index (κ2) is 12.2. The van der Waals surface area contributed by atoms with E-state index >= 15 is 0 Å². The van der Waals surface area contributed by atoms with Gasteiger partial charge in [0.2, 0.25) is 16.0 Å². The van der Waals surface area contributed by atoms with Crippen molar-refractivity contribution in [2.45, 2.75) is 26.4 Å². The van der Waals surface area contributed by atoms with Gasteiger partial charge in [0.1, 0.15) is 0 Å². The van der Waals surface area contributed by atoms with E-state index in [1.807, 2.05) is 0 Å². The summed E-state index contributed by atoms with van der Waals surface area (Å²) in [6.45, 7) is 7.21. The minimum absolute atomic E-state index is 0.0142. The summed E-state index contributed by atoms with van der Waals surface area (Å²) < 4.78 is 70.2. The highest BCUT2D eigenvalue weighted by Crippen LogP contribution is 2.44. The fourth-order valence-electron chi connectivity index (χ4n) is 3.68. The largest absolute Gasteiger partial charge is 0.390 e. The maximum Gasteiger partial charge on any atom is 0.390 e. The molecule has 0 aliphatic carbocycles. The van der Waals surface area contributed by atoms with Crippen LogP contribution < -0.4 is 14.9 Å². The number of morpholine rings is 1. The number of anilines is 3. The van der Waals surface area contributed by atoms with Crippen molar-refractivity contribution >= 4 is 49.7 Å². The Kier molecular flexibility index (Phi) is 9.19. The van der Waals surface area contributed by atoms with Crippen LogP contribution in [0, 0.1) is 5.92 Å². The SMILES string of the molecule is CC(C)CNc1nccc(-c2sc(N3CCOCC3)nc2-c2cccc(NS(=O)(=O)CCC(F)(F)F)c2Cl)n1. The van der Waals surface area contributed by atoms with Gasteiger partial charge in [0.15, 0.2) is 5.13 Å². The van der Waals surface area contributed by atoms with Crippen LogP contribution in [-0.4, -0.2) is 68.1 Å². The van der Waals surface area contributed by atoms with Crippen molar-refractivity contribution in [1.82, 2.24) is 15.0 Å². The van der Waals surface area contributed by atoms with Gasteiger partial charge in [-0.3, -0.25) is 4.72 Å². The van der Waals surface area contributed by atoms with Gasteiger partial charge in [0, 0.05) is 31.4 Å². The number of benzene rings is 1. The number of hydrogen-bond donors (Lipinski definition) is 2. The molecule has 212 valence electrons. The van der Waals surface area contributed by atoms with Crippen LogP contribution in [0.3, 0.4) is 0 Å². The third-order valence-electron chi connectivity index (χ3n) is 5.63. The number of nitrogens with one attached hydrogen (secondary N) is 2. The summed E-state index contributed by atoms with van der Waals surface area (Å²) in [5.41, 5.74) is 1.44. The Bertz CT molecular complexity index is 1400. The molecule has 39 heavy (non-hydrogen) atoms. The van der Waals surface area contributed by atoms with E-state index in [0.717, 1.165) is 0 Å². The van der Waals surface area contributed by atoms with Gasteiger partial charge in [-0.1, -0.05) is 48.9 Å². The molecule has 1 aliphatic heterocycles. The Balaban J connectivity index is 1.73. The second-order valence-electron chi connectivity index (χ2n) is 9.27. The Morgan fingerprint density at radius 2 is 1.92 bits per heavy atom. The van der Waals surface area contributed by atoms with Gasteiger partial charge >= 0.3 is 6.18 Å². The quantitative estimate of drug-likeness (QED) is 0.311. The summed E-state index contributed by atoms with van der Waals surface area (Å²) in [7, 11) is -4.31. The molecule has 2 N–H and O–H groups in total. The molecule has 4 rings (SSSR count). The summed E-state index contributed by atoms with van der Waals surface area (Å²) in [4.78, 5) is 16.6. The molecule has 1 saturated heterocycles. The zero-order valence-electron chi connectivity index (χ0n) is 21.3. The highest BCUT2D eigenvalue weighted by atomic mass is 35.5. The predicted molar refractivity (Wildman–Crippen MR) is 148 cm³/mol. The fraction of sp³-hybridized carbons (Fsp3) is 0.458. The lowest BCUT2D eigenvalue weighted by atomic mass is 10.1. The lowest BCUT2D eigenvalue weighted by Crippen LogP contribution is -2.36. The number of ether oxygens (including phenoxy) is 1. The van der Waals surface area contributed by atoms with Gasteiger partial charge in [-0.15, -0.1) is 0 Å². The van der Waals surface area contributed by atoms with E-state index in [4.69, 9.17) is 21.3 Å². The Hall–Kier alpha value is -2.68. The Labute approximate surface area is 233 Å². The number of hydrogen-bond acceptors (Lipinski definition) is 9. The Morgan fingerprint density at radius 1 is 1.18 bits per heavy atom. The minimum atomic E-state index is -4.60. The van der Waals surface area contributed by atoms with Crippen molar-refractivity contribution < 1.29 is 26.3 Å². The maximum absolute atomic E-state index is 12.6. The van der Waals surface area contributed by atoms with E-state index in [9.17, 15) is 21.6 Å². The van der Waals surface area contributed by atoms with E-state index in [2.05, 4.69) is 38.8 Å². The molecule has 1 aliphatic rings. The number of rotatable bonds is 10. The van der Waals surface area contributed by atoms with Crippen LogP contribution in [0.1, 0.15) is 20.3 Å². The lowest BCUT2D eigenvalue weighted by Gasteiger charge is -2.26.